The molecule has 12 nitrogen and oxygen atoms in total. The highest BCUT2D eigenvalue weighted by molar-refractivity contribution is 6.34. The largest absolute Gasteiger partial charge is 0.355 e. The molecule has 0 aliphatic carbocycles. The van der Waals surface area contributed by atoms with E-state index in [0.717, 1.165) is 106 Å². The molecule has 65 heavy (non-hydrogen) atoms. The Morgan fingerprint density at radius 1 is 0.585 bits per heavy atom. The summed E-state index contributed by atoms with van der Waals surface area (Å²) < 4.78 is 0. The highest BCUT2D eigenvalue weighted by Crippen LogP contribution is 2.39. The quantitative estimate of drug-likeness (QED) is 0.120. The molecule has 0 unspecified atom stereocenters. The number of amides is 4. The fourth-order valence-corrected chi connectivity index (χ4v) is 9.54. The molecule has 8 bridgehead atoms. The summed E-state index contributed by atoms with van der Waals surface area (Å²) in [7, 11) is 1.99. The molecule has 0 saturated heterocycles. The summed E-state index contributed by atoms with van der Waals surface area (Å²) in [6, 6.07) is 18.4. The standard InChI is InChI=1S/C53H44N8O4/c1-3-4-5-6-7-8-26-60-50(62)37-17-19-39-47-40(20-18-38(46(37)47)51(60)63)53(65)61(52(39)64)30-31-9-11-32(12-10-31)45-41-21-13-33(55-41)28-35-15-23-43(57-35)48(49-54-25-27-59(49)2)44-24-16-36(58-44)29-34-14-22-42(45)56-34/h9-25,27-29,54-55H,3-8,26,30H2,1-2H3/b35-28?,36-29?,45-42?,49-48-. The molecular formula is C53H44N8O4. The van der Waals surface area contributed by atoms with Crippen LogP contribution in [0.15, 0.2) is 159 Å². The maximum Gasteiger partial charge on any atom is 0.261 e. The van der Waals surface area contributed by atoms with Gasteiger partial charge in [-0.3, -0.25) is 29.0 Å². The highest BCUT2D eigenvalue weighted by atomic mass is 16.2. The number of imide groups is 2. The summed E-state index contributed by atoms with van der Waals surface area (Å²) in [5, 5.41) is 4.12. The van der Waals surface area contributed by atoms with Crippen LogP contribution in [-0.2, 0) is 6.54 Å². The van der Waals surface area contributed by atoms with Gasteiger partial charge in [-0.1, -0.05) is 63.3 Å². The average Bonchev–Trinajstić information content (AvgIpc) is 4.19. The van der Waals surface area contributed by atoms with Crippen LogP contribution < -0.4 is 5.32 Å². The molecule has 320 valence electrons. The zero-order valence-corrected chi connectivity index (χ0v) is 36.0. The molecule has 8 heterocycles. The number of aliphatic imine (C=N–C) groups is 3. The zero-order valence-electron chi connectivity index (χ0n) is 36.0. The van der Waals surface area contributed by atoms with Gasteiger partial charge in [0.25, 0.3) is 23.6 Å². The van der Waals surface area contributed by atoms with Crippen LogP contribution in [0.2, 0.25) is 0 Å². The zero-order chi connectivity index (χ0) is 44.3. The van der Waals surface area contributed by atoms with Crippen LogP contribution in [0.3, 0.4) is 0 Å². The van der Waals surface area contributed by atoms with Gasteiger partial charge < -0.3 is 15.2 Å². The fourth-order valence-electron chi connectivity index (χ4n) is 9.54. The van der Waals surface area contributed by atoms with Crippen molar-refractivity contribution < 1.29 is 19.2 Å². The van der Waals surface area contributed by atoms with E-state index in [2.05, 4.69) is 17.2 Å². The van der Waals surface area contributed by atoms with Crippen molar-refractivity contribution in [2.75, 3.05) is 13.6 Å². The first-order valence-corrected chi connectivity index (χ1v) is 22.2. The normalized spacial score (nSPS) is 19.2. The van der Waals surface area contributed by atoms with E-state index in [0.29, 0.717) is 39.6 Å². The lowest BCUT2D eigenvalue weighted by molar-refractivity contribution is 0.0581. The van der Waals surface area contributed by atoms with E-state index in [9.17, 15) is 19.2 Å². The van der Waals surface area contributed by atoms with Crippen LogP contribution in [-0.4, -0.2) is 74.0 Å². The minimum Gasteiger partial charge on any atom is -0.355 e. The lowest BCUT2D eigenvalue weighted by atomic mass is 9.85. The molecule has 12 heteroatoms. The molecule has 4 amide bonds. The molecule has 3 aromatic carbocycles. The molecule has 0 radical (unpaired) electrons. The number of aromatic nitrogens is 1. The molecule has 0 atom stereocenters. The SMILES string of the molecule is CCCCCCCCN1C(=O)c2ccc3c4c(ccc(c24)C1=O)C(=O)N(Cc1ccc(C2=C4C=CC(=N4)C=C4C=CC(=N4)/C(=C4/NC=CN4C)C4=NC(=Cc5ccc2[nH]5)C=C4)cc1)C3=O. The second-order valence-corrected chi connectivity index (χ2v) is 17.0. The highest BCUT2D eigenvalue weighted by Gasteiger charge is 2.39. The molecular weight excluding hydrogens is 813 g/mol. The second-order valence-electron chi connectivity index (χ2n) is 17.0. The number of H-pyrrole nitrogens is 1. The molecule has 1 aromatic heterocycles. The van der Waals surface area contributed by atoms with Crippen LogP contribution >= 0.6 is 0 Å². The Kier molecular flexibility index (Phi) is 9.79. The number of unbranched alkanes of at least 4 members (excludes halogenated alkanes) is 5. The van der Waals surface area contributed by atoms with Crippen molar-refractivity contribution >= 4 is 63.2 Å². The summed E-state index contributed by atoms with van der Waals surface area (Å²) in [4.78, 5) is 79.1. The Morgan fingerprint density at radius 3 is 1.83 bits per heavy atom. The van der Waals surface area contributed by atoms with Crippen molar-refractivity contribution in [2.45, 2.75) is 52.0 Å². The number of carbonyl (C=O) groups is 4. The van der Waals surface area contributed by atoms with E-state index >= 15 is 0 Å². The Hall–Kier alpha value is -7.99. The Balaban J connectivity index is 0.880. The minimum atomic E-state index is -0.471. The molecule has 0 spiro atoms. The maximum atomic E-state index is 14.2. The molecule has 4 aromatic rings. The summed E-state index contributed by atoms with van der Waals surface area (Å²) in [6.07, 6.45) is 26.0. The smallest absolute Gasteiger partial charge is 0.261 e. The first-order chi connectivity index (χ1) is 31.7. The average molecular weight is 857 g/mol. The van der Waals surface area contributed by atoms with Gasteiger partial charge in [0.2, 0.25) is 0 Å². The number of nitrogens with one attached hydrogen (secondary N) is 2. The van der Waals surface area contributed by atoms with Crippen molar-refractivity contribution in [3.63, 3.8) is 0 Å². The van der Waals surface area contributed by atoms with Crippen molar-refractivity contribution in [1.29, 1.82) is 0 Å². The molecule has 7 aliphatic heterocycles. The molecule has 0 fully saturated rings. The lowest BCUT2D eigenvalue weighted by Gasteiger charge is -2.32. The predicted octanol–water partition coefficient (Wildman–Crippen LogP) is 9.17. The van der Waals surface area contributed by atoms with Gasteiger partial charge >= 0.3 is 0 Å². The first-order valence-electron chi connectivity index (χ1n) is 22.2. The summed E-state index contributed by atoms with van der Waals surface area (Å²) in [5.74, 6) is -0.819. The first kappa shape index (κ1) is 39.8. The van der Waals surface area contributed by atoms with Crippen molar-refractivity contribution in [1.82, 2.24) is 25.0 Å². The minimum absolute atomic E-state index is 0.0293. The van der Waals surface area contributed by atoms with E-state index in [4.69, 9.17) is 15.0 Å². The van der Waals surface area contributed by atoms with E-state index < -0.39 is 11.8 Å². The van der Waals surface area contributed by atoms with E-state index in [-0.39, 0.29) is 18.4 Å². The van der Waals surface area contributed by atoms with Crippen molar-refractivity contribution in [3.8, 4) is 0 Å². The van der Waals surface area contributed by atoms with Crippen LogP contribution in [0.1, 0.15) is 109 Å². The third kappa shape index (κ3) is 6.89. The van der Waals surface area contributed by atoms with Crippen molar-refractivity contribution in [3.05, 3.63) is 189 Å². The number of allylic oxidation sites excluding steroid dienone is 8. The van der Waals surface area contributed by atoms with Gasteiger partial charge in [0, 0.05) is 76.0 Å². The predicted molar refractivity (Wildman–Crippen MR) is 253 cm³/mol. The van der Waals surface area contributed by atoms with Gasteiger partial charge in [-0.2, -0.15) is 0 Å². The van der Waals surface area contributed by atoms with Gasteiger partial charge in [0.1, 0.15) is 5.82 Å². The van der Waals surface area contributed by atoms with E-state index in [1.54, 1.807) is 24.3 Å². The second kappa shape index (κ2) is 16.0. The van der Waals surface area contributed by atoms with E-state index in [1.165, 1.54) is 16.2 Å². The Morgan fingerprint density at radius 2 is 1.20 bits per heavy atom. The van der Waals surface area contributed by atoms with Gasteiger partial charge in [0.15, 0.2) is 0 Å². The van der Waals surface area contributed by atoms with Gasteiger partial charge in [0.05, 0.1) is 46.3 Å². The van der Waals surface area contributed by atoms with Crippen LogP contribution in [0.5, 0.6) is 0 Å². The van der Waals surface area contributed by atoms with Gasteiger partial charge in [-0.15, -0.1) is 0 Å². The van der Waals surface area contributed by atoms with Gasteiger partial charge in [-0.25, -0.2) is 15.0 Å². The fraction of sp³-hybridized carbons (Fsp3) is 0.189. The number of rotatable bonds is 10. The van der Waals surface area contributed by atoms with Crippen molar-refractivity contribution in [2.24, 2.45) is 15.0 Å². The number of nitrogens with zero attached hydrogens (tertiary/aromatic N) is 6. The molecule has 7 aliphatic rings. The summed E-state index contributed by atoms with van der Waals surface area (Å²) in [5.41, 5.74) is 11.1. The van der Waals surface area contributed by atoms with Gasteiger partial charge in [-0.05, 0) is 103 Å². The third-order valence-corrected chi connectivity index (χ3v) is 12.8. The molecule has 11 rings (SSSR count). The Labute approximate surface area is 375 Å². The van der Waals surface area contributed by atoms with Crippen LogP contribution in [0.4, 0.5) is 0 Å². The number of hydrogen-bond acceptors (Lipinski definition) is 9. The Bertz CT molecular complexity index is 3110. The monoisotopic (exact) mass is 856 g/mol. The number of aromatic amines is 1. The van der Waals surface area contributed by atoms with Crippen LogP contribution in [0, 0.1) is 0 Å². The molecule has 0 saturated carbocycles. The van der Waals surface area contributed by atoms with Crippen LogP contribution in [0.25, 0.3) is 22.4 Å². The topological polar surface area (TPSA) is 143 Å². The number of fused-ring (bicyclic) bond motifs is 5. The number of carbonyl (C=O) groups excluding carboxylic acids is 4. The molecule has 2 N–H and O–H groups in total. The maximum absolute atomic E-state index is 14.2. The number of hydrogen-bond donors (Lipinski definition) is 2. The van der Waals surface area contributed by atoms with E-state index in [1.807, 2.05) is 109 Å². The lowest BCUT2D eigenvalue weighted by Crippen LogP contribution is -2.43. The summed E-state index contributed by atoms with van der Waals surface area (Å²) >= 11 is 0. The number of benzene rings is 3. The summed E-state index contributed by atoms with van der Waals surface area (Å²) in [6.45, 7) is 2.53. The third-order valence-electron chi connectivity index (χ3n) is 12.8.